The smallest absolute Gasteiger partial charge is 0.341 e. The fraction of sp³-hybridized carbons (Fsp3) is 0.278. The fourth-order valence-corrected chi connectivity index (χ4v) is 5.11. The summed E-state index contributed by atoms with van der Waals surface area (Å²) in [5, 5.41) is 1.69. The third-order valence-corrected chi connectivity index (χ3v) is 7.12. The maximum atomic E-state index is 14.2. The van der Waals surface area contributed by atoms with Crippen LogP contribution >= 0.6 is 11.3 Å². The zero-order valence-corrected chi connectivity index (χ0v) is 17.1. The van der Waals surface area contributed by atoms with Gasteiger partial charge in [-0.2, -0.15) is 4.31 Å². The monoisotopic (exact) mass is 453 g/mol. The molecule has 0 radical (unpaired) electrons. The van der Waals surface area contributed by atoms with Crippen molar-refractivity contribution in [2.24, 2.45) is 0 Å². The number of hydrogen-bond acceptors (Lipinski definition) is 8. The minimum atomic E-state index is -3.90. The Hall–Kier alpha value is -2.67. The van der Waals surface area contributed by atoms with Crippen molar-refractivity contribution in [3.8, 4) is 0 Å². The highest BCUT2D eigenvalue weighted by Gasteiger charge is 2.28. The van der Waals surface area contributed by atoms with Gasteiger partial charge in [0.15, 0.2) is 4.96 Å². The first-order valence-corrected chi connectivity index (χ1v) is 11.2. The van der Waals surface area contributed by atoms with Gasteiger partial charge in [-0.1, -0.05) is 0 Å². The van der Waals surface area contributed by atoms with Crippen LogP contribution in [0.4, 0.5) is 4.39 Å². The number of fused-ring (bicyclic) bond motifs is 1. The van der Waals surface area contributed by atoms with E-state index >= 15 is 0 Å². The standard InChI is InChI=1S/C18H16FN3O6S2/c19-15-2-1-13(30(25,26)21-3-6-27-7-4-21)10-14(15)17(24)28-11-12-9-16(23)22-5-8-29-18(22)20-12/h1-2,5,8-10H,3-4,6-7,11H2. The molecule has 3 aromatic rings. The van der Waals surface area contributed by atoms with Crippen LogP contribution in [0.25, 0.3) is 4.96 Å². The number of ether oxygens (including phenoxy) is 2. The van der Waals surface area contributed by atoms with Gasteiger partial charge in [-0.3, -0.25) is 9.20 Å². The molecule has 1 aliphatic heterocycles. The van der Waals surface area contributed by atoms with Crippen molar-refractivity contribution >= 4 is 32.3 Å². The summed E-state index contributed by atoms with van der Waals surface area (Å²) in [4.78, 5) is 28.8. The number of aromatic nitrogens is 2. The summed E-state index contributed by atoms with van der Waals surface area (Å²) in [7, 11) is -3.90. The number of thiazole rings is 1. The van der Waals surface area contributed by atoms with Gasteiger partial charge >= 0.3 is 5.97 Å². The normalized spacial score (nSPS) is 15.4. The molecule has 0 aliphatic carbocycles. The van der Waals surface area contributed by atoms with Crippen LogP contribution < -0.4 is 5.56 Å². The average molecular weight is 453 g/mol. The predicted molar refractivity (Wildman–Crippen MR) is 104 cm³/mol. The van der Waals surface area contributed by atoms with Gasteiger partial charge in [-0.25, -0.2) is 22.6 Å². The van der Waals surface area contributed by atoms with Crippen LogP contribution in [0.2, 0.25) is 0 Å². The van der Waals surface area contributed by atoms with E-state index in [1.807, 2.05) is 0 Å². The highest BCUT2D eigenvalue weighted by molar-refractivity contribution is 7.89. The van der Waals surface area contributed by atoms with Gasteiger partial charge in [0.2, 0.25) is 10.0 Å². The number of halogens is 1. The van der Waals surface area contributed by atoms with E-state index in [2.05, 4.69) is 4.98 Å². The van der Waals surface area contributed by atoms with Crippen molar-refractivity contribution < 1.29 is 27.1 Å². The summed E-state index contributed by atoms with van der Waals surface area (Å²) in [5.41, 5.74) is -0.649. The van der Waals surface area contributed by atoms with Gasteiger partial charge in [0.25, 0.3) is 5.56 Å². The molecule has 30 heavy (non-hydrogen) atoms. The Morgan fingerprint density at radius 1 is 1.27 bits per heavy atom. The van der Waals surface area contributed by atoms with Crippen LogP contribution in [0.3, 0.4) is 0 Å². The molecule has 1 saturated heterocycles. The zero-order valence-electron chi connectivity index (χ0n) is 15.5. The van der Waals surface area contributed by atoms with Gasteiger partial charge in [0.05, 0.1) is 29.4 Å². The topological polar surface area (TPSA) is 107 Å². The minimum Gasteiger partial charge on any atom is -0.455 e. The number of esters is 1. The molecule has 3 heterocycles. The lowest BCUT2D eigenvalue weighted by Crippen LogP contribution is -2.40. The second-order valence-electron chi connectivity index (χ2n) is 6.38. The molecule has 0 amide bonds. The van der Waals surface area contributed by atoms with E-state index in [-0.39, 0.29) is 49.1 Å². The summed E-state index contributed by atoms with van der Waals surface area (Å²) in [5.74, 6) is -1.97. The second-order valence-corrected chi connectivity index (χ2v) is 9.19. The molecule has 0 atom stereocenters. The molecule has 0 saturated carbocycles. The molecule has 0 bridgehead atoms. The molecule has 0 unspecified atom stereocenters. The number of rotatable bonds is 5. The molecule has 9 nitrogen and oxygen atoms in total. The zero-order chi connectivity index (χ0) is 21.3. The SMILES string of the molecule is O=C(OCc1cc(=O)n2ccsc2n1)c1cc(S(=O)(=O)N2CCOCC2)ccc1F. The van der Waals surface area contributed by atoms with Crippen molar-refractivity contribution in [3.63, 3.8) is 0 Å². The Morgan fingerprint density at radius 3 is 2.80 bits per heavy atom. The summed E-state index contributed by atoms with van der Waals surface area (Å²) in [6.07, 6.45) is 1.57. The number of carbonyl (C=O) groups excluding carboxylic acids is 1. The Kier molecular flexibility index (Phi) is 5.64. The van der Waals surface area contributed by atoms with Crippen molar-refractivity contribution in [3.05, 3.63) is 63.3 Å². The van der Waals surface area contributed by atoms with Crippen LogP contribution in [0.15, 0.2) is 45.5 Å². The Labute approximate surface area is 174 Å². The van der Waals surface area contributed by atoms with Crippen molar-refractivity contribution in [2.45, 2.75) is 11.5 Å². The molecule has 2 aromatic heterocycles. The average Bonchev–Trinajstić information content (AvgIpc) is 3.22. The number of sulfonamides is 1. The van der Waals surface area contributed by atoms with E-state index in [9.17, 15) is 22.4 Å². The Morgan fingerprint density at radius 2 is 2.03 bits per heavy atom. The summed E-state index contributed by atoms with van der Waals surface area (Å²) in [6, 6.07) is 4.17. The van der Waals surface area contributed by atoms with Crippen LogP contribution in [-0.4, -0.2) is 54.4 Å². The summed E-state index contributed by atoms with van der Waals surface area (Å²) in [6.45, 7) is 0.508. The predicted octanol–water partition coefficient (Wildman–Crippen LogP) is 1.27. The summed E-state index contributed by atoms with van der Waals surface area (Å²) < 4.78 is 52.5. The van der Waals surface area contributed by atoms with Crippen LogP contribution in [0.5, 0.6) is 0 Å². The first-order valence-electron chi connectivity index (χ1n) is 8.86. The van der Waals surface area contributed by atoms with E-state index in [4.69, 9.17) is 9.47 Å². The summed E-state index contributed by atoms with van der Waals surface area (Å²) >= 11 is 1.24. The van der Waals surface area contributed by atoms with E-state index in [1.165, 1.54) is 26.1 Å². The quantitative estimate of drug-likeness (QED) is 0.536. The second kappa shape index (κ2) is 8.22. The van der Waals surface area contributed by atoms with Gasteiger partial charge in [0.1, 0.15) is 12.4 Å². The van der Waals surface area contributed by atoms with Gasteiger partial charge in [-0.15, -0.1) is 11.3 Å². The van der Waals surface area contributed by atoms with Gasteiger partial charge in [0, 0.05) is 30.7 Å². The molecule has 1 aliphatic rings. The molecule has 0 spiro atoms. The highest BCUT2D eigenvalue weighted by atomic mass is 32.2. The largest absolute Gasteiger partial charge is 0.455 e. The van der Waals surface area contributed by atoms with Gasteiger partial charge in [-0.05, 0) is 18.2 Å². The first-order chi connectivity index (χ1) is 14.4. The number of carbonyl (C=O) groups is 1. The fourth-order valence-electron chi connectivity index (χ4n) is 2.94. The first kappa shape index (κ1) is 20.6. The molecule has 0 N–H and O–H groups in total. The third-order valence-electron chi connectivity index (χ3n) is 4.47. The molecule has 12 heteroatoms. The Balaban J connectivity index is 1.54. The number of hydrogen-bond donors (Lipinski definition) is 0. The lowest BCUT2D eigenvalue weighted by Gasteiger charge is -2.26. The maximum absolute atomic E-state index is 14.2. The lowest BCUT2D eigenvalue weighted by molar-refractivity contribution is 0.0462. The molecule has 158 valence electrons. The van der Waals surface area contributed by atoms with E-state index < -0.39 is 27.4 Å². The molecular formula is C18H16FN3O6S2. The maximum Gasteiger partial charge on any atom is 0.341 e. The molecular weight excluding hydrogens is 437 g/mol. The third kappa shape index (κ3) is 3.99. The number of nitrogens with zero attached hydrogens (tertiary/aromatic N) is 3. The van der Waals surface area contributed by atoms with Crippen LogP contribution in [0, 0.1) is 5.82 Å². The molecule has 4 rings (SSSR count). The van der Waals surface area contributed by atoms with Crippen molar-refractivity contribution in [1.29, 1.82) is 0 Å². The minimum absolute atomic E-state index is 0.173. The lowest BCUT2D eigenvalue weighted by atomic mass is 10.2. The number of benzene rings is 1. The van der Waals surface area contributed by atoms with E-state index in [0.29, 0.717) is 4.96 Å². The molecule has 1 aromatic carbocycles. The number of morpholine rings is 1. The van der Waals surface area contributed by atoms with Gasteiger partial charge < -0.3 is 9.47 Å². The van der Waals surface area contributed by atoms with Crippen LogP contribution in [-0.2, 0) is 26.1 Å². The van der Waals surface area contributed by atoms with E-state index in [1.54, 1.807) is 11.6 Å². The van der Waals surface area contributed by atoms with Crippen molar-refractivity contribution in [2.75, 3.05) is 26.3 Å². The Bertz CT molecular complexity index is 1260. The highest BCUT2D eigenvalue weighted by Crippen LogP contribution is 2.21. The molecule has 1 fully saturated rings. The van der Waals surface area contributed by atoms with E-state index in [0.717, 1.165) is 18.2 Å². The van der Waals surface area contributed by atoms with Crippen LogP contribution in [0.1, 0.15) is 16.1 Å². The van der Waals surface area contributed by atoms with Crippen molar-refractivity contribution in [1.82, 2.24) is 13.7 Å².